The van der Waals surface area contributed by atoms with Crippen molar-refractivity contribution >= 4 is 11.8 Å². The molecule has 2 N–H and O–H groups in total. The van der Waals surface area contributed by atoms with E-state index in [-0.39, 0.29) is 36.3 Å². The minimum atomic E-state index is -0.310. The smallest absolute Gasteiger partial charge is 0.287 e. The van der Waals surface area contributed by atoms with Gasteiger partial charge in [0.2, 0.25) is 5.91 Å². The molecule has 0 bridgehead atoms. The summed E-state index contributed by atoms with van der Waals surface area (Å²) in [6.07, 6.45) is 0.599. The number of hydrogen-bond acceptors (Lipinski definition) is 5. The lowest BCUT2D eigenvalue weighted by Crippen LogP contribution is -2.46. The topological polar surface area (TPSA) is 86.0 Å². The van der Waals surface area contributed by atoms with E-state index in [0.717, 1.165) is 6.54 Å². The summed E-state index contributed by atoms with van der Waals surface area (Å²) in [7, 11) is 0. The Bertz CT molecular complexity index is 610. The monoisotopic (exact) mass is 365 g/mol. The first-order chi connectivity index (χ1) is 12.4. The molecule has 1 fully saturated rings. The van der Waals surface area contributed by atoms with Gasteiger partial charge in [0.25, 0.3) is 5.91 Å². The molecule has 7 heteroatoms. The van der Waals surface area contributed by atoms with Gasteiger partial charge in [-0.2, -0.15) is 0 Å². The maximum Gasteiger partial charge on any atom is 0.287 e. The third-order valence-corrected chi connectivity index (χ3v) is 4.74. The van der Waals surface area contributed by atoms with Gasteiger partial charge in [0.1, 0.15) is 12.4 Å². The number of nitrogens with zero attached hydrogens (tertiary/aromatic N) is 2. The van der Waals surface area contributed by atoms with Gasteiger partial charge in [-0.25, -0.2) is 0 Å². The van der Waals surface area contributed by atoms with Gasteiger partial charge in [0, 0.05) is 32.2 Å². The van der Waals surface area contributed by atoms with Crippen LogP contribution in [0.4, 0.5) is 0 Å². The molecule has 7 nitrogen and oxygen atoms in total. The number of carbonyl (C=O) groups is 2. The Morgan fingerprint density at radius 2 is 2.04 bits per heavy atom. The summed E-state index contributed by atoms with van der Waals surface area (Å²) in [5, 5.41) is 12.0. The van der Waals surface area contributed by atoms with Crippen molar-refractivity contribution in [3.8, 4) is 0 Å². The molecule has 1 aliphatic rings. The Morgan fingerprint density at radius 3 is 2.58 bits per heavy atom. The number of hydrogen-bond donors (Lipinski definition) is 2. The molecule has 1 aromatic heterocycles. The van der Waals surface area contributed by atoms with Crippen LogP contribution in [0.15, 0.2) is 16.5 Å². The Morgan fingerprint density at radius 1 is 1.35 bits per heavy atom. The maximum absolute atomic E-state index is 12.9. The van der Waals surface area contributed by atoms with Gasteiger partial charge in [0.15, 0.2) is 5.76 Å². The van der Waals surface area contributed by atoms with Gasteiger partial charge in [-0.15, -0.1) is 0 Å². The molecule has 2 atom stereocenters. The first kappa shape index (κ1) is 20.5. The summed E-state index contributed by atoms with van der Waals surface area (Å²) in [5.74, 6) is 0.803. The summed E-state index contributed by atoms with van der Waals surface area (Å²) >= 11 is 0. The summed E-state index contributed by atoms with van der Waals surface area (Å²) in [6, 6.07) is 2.84. The second kappa shape index (κ2) is 9.19. The zero-order chi connectivity index (χ0) is 19.3. The lowest BCUT2D eigenvalue weighted by atomic mass is 10.1. The zero-order valence-electron chi connectivity index (χ0n) is 16.2. The van der Waals surface area contributed by atoms with Crippen LogP contribution in [-0.2, 0) is 11.4 Å². The summed E-state index contributed by atoms with van der Waals surface area (Å²) in [6.45, 7) is 10.8. The molecule has 2 rings (SSSR count). The maximum atomic E-state index is 12.9. The number of nitrogens with one attached hydrogen (secondary N) is 1. The molecule has 0 radical (unpaired) electrons. The summed E-state index contributed by atoms with van der Waals surface area (Å²) < 4.78 is 5.29. The van der Waals surface area contributed by atoms with E-state index in [1.807, 2.05) is 18.7 Å². The van der Waals surface area contributed by atoms with Crippen LogP contribution in [0.5, 0.6) is 0 Å². The standard InChI is InChI=1S/C19H31N3O4/c1-5-21(6-2)19(25)16-9-14(11-22(16)10-13(3)4)20-18(24)17-8-7-15(12-23)26-17/h7-8,13-14,16,23H,5-6,9-12H2,1-4H3,(H,20,24)/t14-,16+/m1/s1. The average molecular weight is 365 g/mol. The zero-order valence-corrected chi connectivity index (χ0v) is 16.2. The van der Waals surface area contributed by atoms with E-state index in [4.69, 9.17) is 9.52 Å². The molecule has 0 spiro atoms. The van der Waals surface area contributed by atoms with Crippen molar-refractivity contribution in [2.45, 2.75) is 52.8 Å². The van der Waals surface area contributed by atoms with Crippen LogP contribution in [0, 0.1) is 5.92 Å². The Kier molecular flexibility index (Phi) is 7.23. The fourth-order valence-corrected chi connectivity index (χ4v) is 3.52. The molecule has 2 amide bonds. The van der Waals surface area contributed by atoms with Crippen molar-refractivity contribution in [1.29, 1.82) is 0 Å². The fraction of sp³-hybridized carbons (Fsp3) is 0.684. The molecule has 1 aliphatic heterocycles. The molecular weight excluding hydrogens is 334 g/mol. The van der Waals surface area contributed by atoms with Crippen LogP contribution in [0.1, 0.15) is 50.4 Å². The van der Waals surface area contributed by atoms with E-state index in [9.17, 15) is 9.59 Å². The highest BCUT2D eigenvalue weighted by Crippen LogP contribution is 2.22. The Labute approximate surface area is 155 Å². The lowest BCUT2D eigenvalue weighted by molar-refractivity contribution is -0.135. The number of aliphatic hydroxyl groups excluding tert-OH is 1. The van der Waals surface area contributed by atoms with Crippen molar-refractivity contribution < 1.29 is 19.1 Å². The molecule has 2 heterocycles. The number of carbonyl (C=O) groups excluding carboxylic acids is 2. The third kappa shape index (κ3) is 4.86. The van der Waals surface area contributed by atoms with Crippen LogP contribution in [0.2, 0.25) is 0 Å². The van der Waals surface area contributed by atoms with Crippen molar-refractivity contribution in [1.82, 2.24) is 15.1 Å². The molecular formula is C19H31N3O4. The Balaban J connectivity index is 2.06. The predicted molar refractivity (Wildman–Crippen MR) is 98.6 cm³/mol. The molecule has 1 saturated heterocycles. The average Bonchev–Trinajstić information content (AvgIpc) is 3.22. The van der Waals surface area contributed by atoms with Crippen molar-refractivity contribution in [3.05, 3.63) is 23.7 Å². The highest BCUT2D eigenvalue weighted by molar-refractivity contribution is 5.92. The molecule has 26 heavy (non-hydrogen) atoms. The third-order valence-electron chi connectivity index (χ3n) is 4.74. The van der Waals surface area contributed by atoms with E-state index in [0.29, 0.717) is 37.7 Å². The largest absolute Gasteiger partial charge is 0.453 e. The number of aliphatic hydroxyl groups is 1. The molecule has 146 valence electrons. The molecule has 1 aromatic rings. The van der Waals surface area contributed by atoms with E-state index in [1.54, 1.807) is 12.1 Å². The van der Waals surface area contributed by atoms with Gasteiger partial charge in [0.05, 0.1) is 6.04 Å². The van der Waals surface area contributed by atoms with E-state index in [1.165, 1.54) is 0 Å². The SMILES string of the molecule is CCN(CC)C(=O)[C@@H]1C[C@@H](NC(=O)c2ccc(CO)o2)CN1CC(C)C. The number of likely N-dealkylation sites (N-methyl/N-ethyl adjacent to an activating group) is 1. The van der Waals surface area contributed by atoms with Crippen molar-refractivity contribution in [3.63, 3.8) is 0 Å². The van der Waals surface area contributed by atoms with Gasteiger partial charge >= 0.3 is 0 Å². The second-order valence-corrected chi connectivity index (χ2v) is 7.20. The summed E-state index contributed by atoms with van der Waals surface area (Å²) in [4.78, 5) is 29.3. The molecule has 0 aliphatic carbocycles. The van der Waals surface area contributed by atoms with E-state index < -0.39 is 0 Å². The summed E-state index contributed by atoms with van der Waals surface area (Å²) in [5.41, 5.74) is 0. The number of amides is 2. The van der Waals surface area contributed by atoms with Gasteiger partial charge in [-0.1, -0.05) is 13.8 Å². The highest BCUT2D eigenvalue weighted by atomic mass is 16.4. The van der Waals surface area contributed by atoms with Crippen LogP contribution in [0.3, 0.4) is 0 Å². The molecule has 0 aromatic carbocycles. The first-order valence-corrected chi connectivity index (χ1v) is 9.42. The van der Waals surface area contributed by atoms with Gasteiger partial charge in [-0.3, -0.25) is 14.5 Å². The van der Waals surface area contributed by atoms with Crippen LogP contribution in [-0.4, -0.2) is 65.0 Å². The number of furan rings is 1. The minimum Gasteiger partial charge on any atom is -0.453 e. The quantitative estimate of drug-likeness (QED) is 0.729. The van der Waals surface area contributed by atoms with E-state index >= 15 is 0 Å². The van der Waals surface area contributed by atoms with Gasteiger partial charge in [-0.05, 0) is 38.3 Å². The lowest BCUT2D eigenvalue weighted by Gasteiger charge is -2.29. The normalized spacial score (nSPS) is 20.5. The van der Waals surface area contributed by atoms with Crippen LogP contribution < -0.4 is 5.32 Å². The van der Waals surface area contributed by atoms with E-state index in [2.05, 4.69) is 24.1 Å². The van der Waals surface area contributed by atoms with Gasteiger partial charge < -0.3 is 19.7 Å². The first-order valence-electron chi connectivity index (χ1n) is 9.42. The van der Waals surface area contributed by atoms with Crippen molar-refractivity contribution in [2.75, 3.05) is 26.2 Å². The fourth-order valence-electron chi connectivity index (χ4n) is 3.52. The Hall–Kier alpha value is -1.86. The number of rotatable bonds is 8. The van der Waals surface area contributed by atoms with Crippen LogP contribution in [0.25, 0.3) is 0 Å². The highest BCUT2D eigenvalue weighted by Gasteiger charge is 2.39. The number of likely N-dealkylation sites (tertiary alicyclic amines) is 1. The van der Waals surface area contributed by atoms with Crippen LogP contribution >= 0.6 is 0 Å². The van der Waals surface area contributed by atoms with Crippen molar-refractivity contribution in [2.24, 2.45) is 5.92 Å². The predicted octanol–water partition coefficient (Wildman–Crippen LogP) is 1.47. The molecule has 0 unspecified atom stereocenters. The second-order valence-electron chi connectivity index (χ2n) is 7.20. The molecule has 0 saturated carbocycles. The minimum absolute atomic E-state index is 0.103.